The smallest absolute Gasteiger partial charge is 0.123 e. The Morgan fingerprint density at radius 2 is 1.87 bits per heavy atom. The van der Waals surface area contributed by atoms with Gasteiger partial charge in [-0.15, -0.1) is 0 Å². The Labute approximate surface area is 92.3 Å². The maximum absolute atomic E-state index is 13.0. The van der Waals surface area contributed by atoms with Crippen LogP contribution in [0.2, 0.25) is 5.02 Å². The minimum Gasteiger partial charge on any atom is -0.399 e. The molecule has 0 atom stereocenters. The van der Waals surface area contributed by atoms with Gasteiger partial charge in [0.1, 0.15) is 5.82 Å². The zero-order valence-electron chi connectivity index (χ0n) is 7.87. The Kier molecular flexibility index (Phi) is 2.60. The number of halogens is 2. The zero-order valence-corrected chi connectivity index (χ0v) is 8.63. The highest BCUT2D eigenvalue weighted by Gasteiger charge is 2.04. The molecule has 76 valence electrons. The van der Waals surface area contributed by atoms with Crippen molar-refractivity contribution in [3.63, 3.8) is 0 Å². The van der Waals surface area contributed by atoms with Crippen LogP contribution in [-0.2, 0) is 0 Å². The van der Waals surface area contributed by atoms with Gasteiger partial charge in [-0.1, -0.05) is 23.7 Å². The van der Waals surface area contributed by atoms with Gasteiger partial charge in [0.2, 0.25) is 0 Å². The summed E-state index contributed by atoms with van der Waals surface area (Å²) >= 11 is 5.98. The van der Waals surface area contributed by atoms with Crippen molar-refractivity contribution in [1.82, 2.24) is 0 Å². The fourth-order valence-corrected chi connectivity index (χ4v) is 1.65. The van der Waals surface area contributed by atoms with Gasteiger partial charge in [-0.2, -0.15) is 0 Å². The number of nitrogens with two attached hydrogens (primary N) is 1. The number of hydrogen-bond acceptors (Lipinski definition) is 1. The first-order chi connectivity index (χ1) is 7.16. The standard InChI is InChI=1S/C12H9ClFN/c13-12-5-4-9(14)7-11(12)8-2-1-3-10(15)6-8/h1-7H,15H2. The highest BCUT2D eigenvalue weighted by atomic mass is 35.5. The van der Waals surface area contributed by atoms with Crippen LogP contribution in [0.4, 0.5) is 10.1 Å². The molecule has 0 unspecified atom stereocenters. The molecule has 0 aliphatic heterocycles. The molecule has 1 nitrogen and oxygen atoms in total. The van der Waals surface area contributed by atoms with Crippen LogP contribution in [0.5, 0.6) is 0 Å². The van der Waals surface area contributed by atoms with Crippen molar-refractivity contribution in [1.29, 1.82) is 0 Å². The van der Waals surface area contributed by atoms with Crippen molar-refractivity contribution in [3.05, 3.63) is 53.3 Å². The highest BCUT2D eigenvalue weighted by Crippen LogP contribution is 2.29. The fraction of sp³-hybridized carbons (Fsp3) is 0. The van der Waals surface area contributed by atoms with E-state index in [2.05, 4.69) is 0 Å². The molecule has 0 heterocycles. The summed E-state index contributed by atoms with van der Waals surface area (Å²) in [7, 11) is 0. The fourth-order valence-electron chi connectivity index (χ4n) is 1.42. The zero-order chi connectivity index (χ0) is 10.8. The third kappa shape index (κ3) is 2.10. The van der Waals surface area contributed by atoms with Gasteiger partial charge in [0.05, 0.1) is 0 Å². The second-order valence-corrected chi connectivity index (χ2v) is 3.66. The molecular formula is C12H9ClFN. The van der Waals surface area contributed by atoms with Gasteiger partial charge in [0.15, 0.2) is 0 Å². The molecule has 2 rings (SSSR count). The Hall–Kier alpha value is -1.54. The molecule has 2 aromatic rings. The van der Waals surface area contributed by atoms with Gasteiger partial charge in [-0.25, -0.2) is 4.39 Å². The lowest BCUT2D eigenvalue weighted by Gasteiger charge is -2.05. The van der Waals surface area contributed by atoms with Crippen molar-refractivity contribution in [3.8, 4) is 11.1 Å². The van der Waals surface area contributed by atoms with Crippen LogP contribution in [0.25, 0.3) is 11.1 Å². The van der Waals surface area contributed by atoms with Gasteiger partial charge >= 0.3 is 0 Å². The second-order valence-electron chi connectivity index (χ2n) is 3.25. The molecule has 2 N–H and O–H groups in total. The summed E-state index contributed by atoms with van der Waals surface area (Å²) in [5.74, 6) is -0.308. The number of rotatable bonds is 1. The largest absolute Gasteiger partial charge is 0.399 e. The molecule has 0 bridgehead atoms. The van der Waals surface area contributed by atoms with Gasteiger partial charge in [0.25, 0.3) is 0 Å². The maximum Gasteiger partial charge on any atom is 0.123 e. The molecule has 0 saturated heterocycles. The van der Waals surface area contributed by atoms with E-state index in [1.54, 1.807) is 12.1 Å². The van der Waals surface area contributed by atoms with Crippen molar-refractivity contribution in [2.24, 2.45) is 0 Å². The number of hydrogen-bond donors (Lipinski definition) is 1. The molecule has 3 heteroatoms. The summed E-state index contributed by atoms with van der Waals surface area (Å²) in [6.45, 7) is 0. The molecule has 0 fully saturated rings. The van der Waals surface area contributed by atoms with E-state index >= 15 is 0 Å². The van der Waals surface area contributed by atoms with Gasteiger partial charge < -0.3 is 5.73 Å². The van der Waals surface area contributed by atoms with Gasteiger partial charge in [-0.3, -0.25) is 0 Å². The summed E-state index contributed by atoms with van der Waals surface area (Å²) in [6.07, 6.45) is 0. The molecular weight excluding hydrogens is 213 g/mol. The first-order valence-electron chi connectivity index (χ1n) is 4.48. The summed E-state index contributed by atoms with van der Waals surface area (Å²) in [4.78, 5) is 0. The molecule has 0 radical (unpaired) electrons. The van der Waals surface area contributed by atoms with E-state index in [0.29, 0.717) is 16.3 Å². The number of nitrogen functional groups attached to an aromatic ring is 1. The predicted octanol–water partition coefficient (Wildman–Crippen LogP) is 3.73. The summed E-state index contributed by atoms with van der Waals surface area (Å²) in [6, 6.07) is 11.5. The van der Waals surface area contributed by atoms with Crippen LogP contribution in [0.3, 0.4) is 0 Å². The average Bonchev–Trinajstić information content (AvgIpc) is 2.22. The van der Waals surface area contributed by atoms with Crippen molar-refractivity contribution in [2.45, 2.75) is 0 Å². The van der Waals surface area contributed by atoms with E-state index in [0.717, 1.165) is 5.56 Å². The Balaban J connectivity index is 2.58. The molecule has 15 heavy (non-hydrogen) atoms. The van der Waals surface area contributed by atoms with Gasteiger partial charge in [-0.05, 0) is 35.9 Å². The van der Waals surface area contributed by atoms with Crippen molar-refractivity contribution in [2.75, 3.05) is 5.73 Å². The van der Waals surface area contributed by atoms with E-state index in [1.165, 1.54) is 18.2 Å². The third-order valence-corrected chi connectivity index (χ3v) is 2.46. The third-order valence-electron chi connectivity index (χ3n) is 2.13. The highest BCUT2D eigenvalue weighted by molar-refractivity contribution is 6.33. The molecule has 0 amide bonds. The van der Waals surface area contributed by atoms with E-state index in [4.69, 9.17) is 17.3 Å². The molecule has 0 aliphatic carbocycles. The number of benzene rings is 2. The maximum atomic E-state index is 13.0. The molecule has 0 aromatic heterocycles. The molecule has 0 spiro atoms. The lowest BCUT2D eigenvalue weighted by atomic mass is 10.1. The van der Waals surface area contributed by atoms with Crippen LogP contribution >= 0.6 is 11.6 Å². The Morgan fingerprint density at radius 3 is 2.60 bits per heavy atom. The van der Waals surface area contributed by atoms with E-state index in [1.807, 2.05) is 12.1 Å². The van der Waals surface area contributed by atoms with E-state index < -0.39 is 0 Å². The van der Waals surface area contributed by atoms with Crippen molar-refractivity contribution >= 4 is 17.3 Å². The molecule has 0 saturated carbocycles. The Bertz CT molecular complexity index is 497. The van der Waals surface area contributed by atoms with E-state index in [-0.39, 0.29) is 5.82 Å². The lowest BCUT2D eigenvalue weighted by Crippen LogP contribution is -1.86. The Morgan fingerprint density at radius 1 is 1.07 bits per heavy atom. The van der Waals surface area contributed by atoms with Crippen LogP contribution in [0, 0.1) is 5.82 Å². The van der Waals surface area contributed by atoms with Crippen LogP contribution in [-0.4, -0.2) is 0 Å². The summed E-state index contributed by atoms with van der Waals surface area (Å²) < 4.78 is 13.0. The summed E-state index contributed by atoms with van der Waals surface area (Å²) in [5.41, 5.74) is 7.75. The predicted molar refractivity (Wildman–Crippen MR) is 61.3 cm³/mol. The molecule has 2 aromatic carbocycles. The first kappa shape index (κ1) is 9.99. The lowest BCUT2D eigenvalue weighted by molar-refractivity contribution is 0.628. The first-order valence-corrected chi connectivity index (χ1v) is 4.85. The van der Waals surface area contributed by atoms with Crippen molar-refractivity contribution < 1.29 is 4.39 Å². The van der Waals surface area contributed by atoms with Crippen LogP contribution in [0.15, 0.2) is 42.5 Å². The quantitative estimate of drug-likeness (QED) is 0.730. The van der Waals surface area contributed by atoms with E-state index in [9.17, 15) is 4.39 Å². The topological polar surface area (TPSA) is 26.0 Å². The normalized spacial score (nSPS) is 10.3. The van der Waals surface area contributed by atoms with Crippen LogP contribution < -0.4 is 5.73 Å². The SMILES string of the molecule is Nc1cccc(-c2cc(F)ccc2Cl)c1. The number of anilines is 1. The van der Waals surface area contributed by atoms with Crippen LogP contribution in [0.1, 0.15) is 0 Å². The average molecular weight is 222 g/mol. The van der Waals surface area contributed by atoms with Gasteiger partial charge in [0, 0.05) is 16.3 Å². The summed E-state index contributed by atoms with van der Waals surface area (Å²) in [5, 5.41) is 0.516. The monoisotopic (exact) mass is 221 g/mol. The molecule has 0 aliphatic rings. The minimum atomic E-state index is -0.308. The minimum absolute atomic E-state index is 0.308. The second kappa shape index (κ2) is 3.91.